The molecule has 0 aliphatic heterocycles. The van der Waals surface area contributed by atoms with E-state index in [1.54, 1.807) is 54.6 Å². The maximum atomic E-state index is 12.7. The summed E-state index contributed by atoms with van der Waals surface area (Å²) in [6, 6.07) is 14.2. The van der Waals surface area contributed by atoms with Gasteiger partial charge in [0.15, 0.2) is 5.16 Å². The van der Waals surface area contributed by atoms with E-state index in [1.807, 2.05) is 0 Å². The van der Waals surface area contributed by atoms with Crippen LogP contribution in [0.25, 0.3) is 11.0 Å². The predicted octanol–water partition coefficient (Wildman–Crippen LogP) is 4.73. The van der Waals surface area contributed by atoms with Gasteiger partial charge in [0.05, 0.1) is 11.0 Å². The normalized spacial score (nSPS) is 11.6. The van der Waals surface area contributed by atoms with Crippen molar-refractivity contribution >= 4 is 34.5 Å². The van der Waals surface area contributed by atoms with E-state index >= 15 is 0 Å². The standard InChI is InChI=1S/C15H10F3N3OS/c16-15(17,18)23-14-20-11-8-4-5-9-12(11)21(14)13(22)19-10-6-2-1-3-7-10/h1-9H,(H,19,22). The Balaban J connectivity index is 2.03. The fourth-order valence-corrected chi connectivity index (χ4v) is 2.70. The lowest BCUT2D eigenvalue weighted by atomic mass is 10.3. The number of nitrogens with zero attached hydrogens (tertiary/aromatic N) is 2. The monoisotopic (exact) mass is 337 g/mol. The second-order valence-electron chi connectivity index (χ2n) is 4.56. The summed E-state index contributed by atoms with van der Waals surface area (Å²) < 4.78 is 39.1. The van der Waals surface area contributed by atoms with E-state index < -0.39 is 28.5 Å². The van der Waals surface area contributed by atoms with Crippen LogP contribution in [0.2, 0.25) is 0 Å². The van der Waals surface area contributed by atoms with Gasteiger partial charge in [-0.25, -0.2) is 14.3 Å². The molecule has 0 aliphatic rings. The van der Waals surface area contributed by atoms with E-state index in [-0.39, 0.29) is 0 Å². The Labute approximate surface area is 133 Å². The Morgan fingerprint density at radius 1 is 1.04 bits per heavy atom. The van der Waals surface area contributed by atoms with Gasteiger partial charge in [0.2, 0.25) is 0 Å². The molecule has 0 radical (unpaired) electrons. The summed E-state index contributed by atoms with van der Waals surface area (Å²) in [6.45, 7) is 0. The number of halogens is 3. The maximum Gasteiger partial charge on any atom is 0.449 e. The molecule has 0 saturated heterocycles. The summed E-state index contributed by atoms with van der Waals surface area (Å²) in [7, 11) is 0. The zero-order chi connectivity index (χ0) is 16.4. The molecular formula is C15H10F3N3OS. The highest BCUT2D eigenvalue weighted by molar-refractivity contribution is 8.00. The summed E-state index contributed by atoms with van der Waals surface area (Å²) >= 11 is -0.417. The number of hydrogen-bond acceptors (Lipinski definition) is 3. The third-order valence-electron chi connectivity index (χ3n) is 2.97. The lowest BCUT2D eigenvalue weighted by Gasteiger charge is -2.10. The van der Waals surface area contributed by atoms with Crippen LogP contribution in [0, 0.1) is 0 Å². The number of thioether (sulfide) groups is 1. The number of rotatable bonds is 2. The van der Waals surface area contributed by atoms with Gasteiger partial charge >= 0.3 is 11.5 Å². The molecule has 0 spiro atoms. The molecule has 1 aromatic heterocycles. The summed E-state index contributed by atoms with van der Waals surface area (Å²) in [5.74, 6) is 0. The van der Waals surface area contributed by atoms with Crippen LogP contribution in [0.4, 0.5) is 23.7 Å². The fourth-order valence-electron chi connectivity index (χ4n) is 2.07. The summed E-state index contributed by atoms with van der Waals surface area (Å²) in [6.07, 6.45) is 0. The molecule has 2 aromatic carbocycles. The Morgan fingerprint density at radius 3 is 2.39 bits per heavy atom. The van der Waals surface area contributed by atoms with Crippen LogP contribution >= 0.6 is 11.8 Å². The topological polar surface area (TPSA) is 46.9 Å². The molecule has 0 atom stereocenters. The van der Waals surface area contributed by atoms with Crippen molar-refractivity contribution < 1.29 is 18.0 Å². The molecule has 23 heavy (non-hydrogen) atoms. The quantitative estimate of drug-likeness (QED) is 0.688. The van der Waals surface area contributed by atoms with Crippen molar-refractivity contribution in [2.24, 2.45) is 0 Å². The molecular weight excluding hydrogens is 327 g/mol. The second kappa shape index (κ2) is 5.96. The number of anilines is 1. The third kappa shape index (κ3) is 3.48. The zero-order valence-electron chi connectivity index (χ0n) is 11.5. The number of amides is 1. The van der Waals surface area contributed by atoms with Gasteiger partial charge in [0, 0.05) is 17.4 Å². The van der Waals surface area contributed by atoms with E-state index in [2.05, 4.69) is 10.3 Å². The average molecular weight is 337 g/mol. The first kappa shape index (κ1) is 15.4. The first-order valence-electron chi connectivity index (χ1n) is 6.54. The molecule has 0 bridgehead atoms. The number of aromatic nitrogens is 2. The van der Waals surface area contributed by atoms with Gasteiger partial charge in [0.25, 0.3) is 0 Å². The highest BCUT2D eigenvalue weighted by Crippen LogP contribution is 2.37. The molecule has 3 rings (SSSR count). The van der Waals surface area contributed by atoms with Crippen molar-refractivity contribution in [1.29, 1.82) is 0 Å². The van der Waals surface area contributed by atoms with E-state index in [0.717, 1.165) is 4.57 Å². The van der Waals surface area contributed by atoms with Crippen molar-refractivity contribution in [1.82, 2.24) is 9.55 Å². The number of alkyl halides is 3. The highest BCUT2D eigenvalue weighted by atomic mass is 32.2. The van der Waals surface area contributed by atoms with Crippen molar-refractivity contribution in [3.05, 3.63) is 54.6 Å². The minimum Gasteiger partial charge on any atom is -0.307 e. The van der Waals surface area contributed by atoms with E-state index in [4.69, 9.17) is 0 Å². The van der Waals surface area contributed by atoms with Crippen LogP contribution in [0.3, 0.4) is 0 Å². The largest absolute Gasteiger partial charge is 0.449 e. The molecule has 0 fully saturated rings. The van der Waals surface area contributed by atoms with Crippen LogP contribution in [0.1, 0.15) is 0 Å². The predicted molar refractivity (Wildman–Crippen MR) is 82.5 cm³/mol. The van der Waals surface area contributed by atoms with Crippen molar-refractivity contribution in [2.45, 2.75) is 10.7 Å². The number of carbonyl (C=O) groups is 1. The lowest BCUT2D eigenvalue weighted by molar-refractivity contribution is -0.0331. The minimum absolute atomic E-state index is 0.313. The van der Waals surface area contributed by atoms with E-state index in [1.165, 1.54) is 0 Å². The van der Waals surface area contributed by atoms with Crippen molar-refractivity contribution in [3.8, 4) is 0 Å². The Hall–Kier alpha value is -2.48. The Kier molecular flexibility index (Phi) is 3.99. The number of fused-ring (bicyclic) bond motifs is 1. The Morgan fingerprint density at radius 2 is 1.70 bits per heavy atom. The first-order chi connectivity index (χ1) is 10.9. The number of para-hydroxylation sites is 3. The molecule has 0 unspecified atom stereocenters. The number of benzene rings is 2. The fraction of sp³-hybridized carbons (Fsp3) is 0.0667. The zero-order valence-corrected chi connectivity index (χ0v) is 12.4. The van der Waals surface area contributed by atoms with E-state index in [0.29, 0.717) is 16.7 Å². The summed E-state index contributed by atoms with van der Waals surface area (Å²) in [5, 5.41) is 2.14. The van der Waals surface area contributed by atoms with Crippen molar-refractivity contribution in [3.63, 3.8) is 0 Å². The summed E-state index contributed by atoms with van der Waals surface area (Å²) in [5.41, 5.74) is -3.42. The van der Waals surface area contributed by atoms with Gasteiger partial charge in [-0.05, 0) is 24.3 Å². The van der Waals surface area contributed by atoms with Gasteiger partial charge in [-0.2, -0.15) is 13.2 Å². The number of carbonyl (C=O) groups excluding carboxylic acids is 1. The van der Waals surface area contributed by atoms with Crippen LogP contribution in [-0.2, 0) is 0 Å². The lowest BCUT2D eigenvalue weighted by Crippen LogP contribution is -2.21. The minimum atomic E-state index is -4.54. The molecule has 118 valence electrons. The van der Waals surface area contributed by atoms with Gasteiger partial charge in [0.1, 0.15) is 0 Å². The van der Waals surface area contributed by atoms with Crippen LogP contribution in [-0.4, -0.2) is 21.1 Å². The van der Waals surface area contributed by atoms with Crippen LogP contribution < -0.4 is 5.32 Å². The molecule has 3 aromatic rings. The van der Waals surface area contributed by atoms with Crippen LogP contribution in [0.15, 0.2) is 59.8 Å². The number of hydrogen-bond donors (Lipinski definition) is 1. The molecule has 1 heterocycles. The van der Waals surface area contributed by atoms with E-state index in [9.17, 15) is 18.0 Å². The number of nitrogens with one attached hydrogen (secondary N) is 1. The molecule has 8 heteroatoms. The Bertz CT molecular complexity index is 846. The van der Waals surface area contributed by atoms with Gasteiger partial charge in [-0.15, -0.1) is 0 Å². The molecule has 0 aliphatic carbocycles. The molecule has 0 saturated carbocycles. The smallest absolute Gasteiger partial charge is 0.307 e. The highest BCUT2D eigenvalue weighted by Gasteiger charge is 2.33. The SMILES string of the molecule is O=C(Nc1ccccc1)n1c(SC(F)(F)F)nc2ccccc21. The number of imidazole rings is 1. The third-order valence-corrected chi connectivity index (χ3v) is 3.65. The first-order valence-corrected chi connectivity index (χ1v) is 7.35. The molecule has 1 amide bonds. The van der Waals surface area contributed by atoms with Crippen LogP contribution in [0.5, 0.6) is 0 Å². The molecule has 4 nitrogen and oxygen atoms in total. The van der Waals surface area contributed by atoms with Gasteiger partial charge < -0.3 is 5.32 Å². The average Bonchev–Trinajstić information content (AvgIpc) is 2.83. The second-order valence-corrected chi connectivity index (χ2v) is 5.59. The summed E-state index contributed by atoms with van der Waals surface area (Å²) in [4.78, 5) is 16.3. The van der Waals surface area contributed by atoms with Gasteiger partial charge in [-0.1, -0.05) is 30.3 Å². The van der Waals surface area contributed by atoms with Gasteiger partial charge in [-0.3, -0.25) is 0 Å². The molecule has 1 N–H and O–H groups in total. The maximum absolute atomic E-state index is 12.7. The van der Waals surface area contributed by atoms with Crippen molar-refractivity contribution in [2.75, 3.05) is 5.32 Å².